The number of benzene rings is 2. The highest BCUT2D eigenvalue weighted by Gasteiger charge is 2.11. The molecule has 116 valence electrons. The van der Waals surface area contributed by atoms with Gasteiger partial charge in [-0.3, -0.25) is 4.79 Å². The maximum absolute atomic E-state index is 12.0. The molecule has 0 radical (unpaired) electrons. The van der Waals surface area contributed by atoms with E-state index >= 15 is 0 Å². The van der Waals surface area contributed by atoms with Crippen molar-refractivity contribution in [3.05, 3.63) is 70.7 Å². The van der Waals surface area contributed by atoms with Crippen LogP contribution < -0.4 is 10.6 Å². The predicted octanol–water partition coefficient (Wildman–Crippen LogP) is 3.87. The lowest BCUT2D eigenvalue weighted by Crippen LogP contribution is -2.36. The number of nitrogens with one attached hydrogen (secondary N) is 2. The molecule has 0 saturated carbocycles. The van der Waals surface area contributed by atoms with Crippen molar-refractivity contribution in [3.8, 4) is 0 Å². The molecule has 2 aromatic rings. The Labute approximate surface area is 136 Å². The largest absolute Gasteiger partial charge is 0.348 e. The summed E-state index contributed by atoms with van der Waals surface area (Å²) < 4.78 is 0. The van der Waals surface area contributed by atoms with Crippen molar-refractivity contribution in [1.29, 1.82) is 0 Å². The summed E-state index contributed by atoms with van der Waals surface area (Å²) in [6, 6.07) is 17.7. The summed E-state index contributed by atoms with van der Waals surface area (Å²) in [5.74, 6) is -0.0165. The summed E-state index contributed by atoms with van der Waals surface area (Å²) in [7, 11) is 0. The van der Waals surface area contributed by atoms with Gasteiger partial charge in [0, 0.05) is 11.1 Å². The van der Waals surface area contributed by atoms with E-state index in [1.165, 1.54) is 0 Å². The van der Waals surface area contributed by atoms with Crippen molar-refractivity contribution in [2.75, 3.05) is 6.54 Å². The Bertz CT molecular complexity index is 598. The molecule has 0 saturated heterocycles. The maximum atomic E-state index is 12.0. The molecule has 2 atom stereocenters. The number of rotatable bonds is 6. The number of hydrogen-bond donors (Lipinski definition) is 2. The van der Waals surface area contributed by atoms with Crippen molar-refractivity contribution >= 4 is 17.5 Å². The Morgan fingerprint density at radius 3 is 2.18 bits per heavy atom. The van der Waals surface area contributed by atoms with E-state index in [-0.39, 0.29) is 24.5 Å². The highest BCUT2D eigenvalue weighted by atomic mass is 35.5. The van der Waals surface area contributed by atoms with Crippen LogP contribution in [0.25, 0.3) is 0 Å². The Balaban J connectivity index is 1.81. The molecule has 0 aliphatic rings. The van der Waals surface area contributed by atoms with E-state index < -0.39 is 0 Å². The van der Waals surface area contributed by atoms with E-state index in [1.807, 2.05) is 68.4 Å². The quantitative estimate of drug-likeness (QED) is 0.849. The van der Waals surface area contributed by atoms with Gasteiger partial charge in [-0.1, -0.05) is 54.1 Å². The summed E-state index contributed by atoms with van der Waals surface area (Å²) in [6.45, 7) is 4.29. The van der Waals surface area contributed by atoms with Gasteiger partial charge in [0.2, 0.25) is 5.91 Å². The monoisotopic (exact) mass is 316 g/mol. The third kappa shape index (κ3) is 4.86. The minimum Gasteiger partial charge on any atom is -0.348 e. The first-order valence-corrected chi connectivity index (χ1v) is 7.77. The van der Waals surface area contributed by atoms with Crippen molar-refractivity contribution in [1.82, 2.24) is 10.6 Å². The molecule has 0 aromatic heterocycles. The first kappa shape index (κ1) is 16.5. The molecule has 22 heavy (non-hydrogen) atoms. The zero-order valence-electron chi connectivity index (χ0n) is 12.8. The number of carbonyl (C=O) groups is 1. The van der Waals surface area contributed by atoms with Gasteiger partial charge in [0.25, 0.3) is 0 Å². The van der Waals surface area contributed by atoms with Gasteiger partial charge in [0.05, 0.1) is 12.6 Å². The number of hydrogen-bond acceptors (Lipinski definition) is 2. The van der Waals surface area contributed by atoms with E-state index in [2.05, 4.69) is 10.6 Å². The molecule has 1 amide bonds. The van der Waals surface area contributed by atoms with E-state index in [9.17, 15) is 4.79 Å². The van der Waals surface area contributed by atoms with E-state index in [1.54, 1.807) is 0 Å². The standard InChI is InChI=1S/C18H21ClN2O/c1-13(16-8-10-17(19)11-9-16)20-12-18(22)21-14(2)15-6-4-3-5-7-15/h3-11,13-14,20H,12H2,1-2H3,(H,21,22)/t13-,14-/m1/s1. The molecule has 2 aromatic carbocycles. The van der Waals surface area contributed by atoms with Crippen LogP contribution in [0.5, 0.6) is 0 Å². The van der Waals surface area contributed by atoms with Gasteiger partial charge < -0.3 is 10.6 Å². The van der Waals surface area contributed by atoms with Crippen LogP contribution in [-0.2, 0) is 4.79 Å². The van der Waals surface area contributed by atoms with Crippen LogP contribution in [0.2, 0.25) is 5.02 Å². The molecule has 3 nitrogen and oxygen atoms in total. The first-order valence-electron chi connectivity index (χ1n) is 7.39. The van der Waals surface area contributed by atoms with Gasteiger partial charge >= 0.3 is 0 Å². The van der Waals surface area contributed by atoms with Gasteiger partial charge in [0.15, 0.2) is 0 Å². The smallest absolute Gasteiger partial charge is 0.234 e. The van der Waals surface area contributed by atoms with Gasteiger partial charge in [-0.25, -0.2) is 0 Å². The van der Waals surface area contributed by atoms with E-state index in [0.717, 1.165) is 11.1 Å². The molecule has 0 spiro atoms. The summed E-state index contributed by atoms with van der Waals surface area (Å²) in [5, 5.41) is 6.92. The lowest BCUT2D eigenvalue weighted by atomic mass is 10.1. The Hall–Kier alpha value is -1.84. The van der Waals surface area contributed by atoms with Gasteiger partial charge in [-0.15, -0.1) is 0 Å². The molecule has 4 heteroatoms. The van der Waals surface area contributed by atoms with Crippen LogP contribution in [0.1, 0.15) is 37.1 Å². The predicted molar refractivity (Wildman–Crippen MR) is 90.9 cm³/mol. The zero-order chi connectivity index (χ0) is 15.9. The van der Waals surface area contributed by atoms with Crippen LogP contribution in [0.4, 0.5) is 0 Å². The fourth-order valence-corrected chi connectivity index (χ4v) is 2.36. The highest BCUT2D eigenvalue weighted by molar-refractivity contribution is 6.30. The maximum Gasteiger partial charge on any atom is 0.234 e. The third-order valence-electron chi connectivity index (χ3n) is 3.62. The second-order valence-electron chi connectivity index (χ2n) is 5.35. The van der Waals surface area contributed by atoms with Gasteiger partial charge in [0.1, 0.15) is 0 Å². The van der Waals surface area contributed by atoms with Crippen molar-refractivity contribution < 1.29 is 4.79 Å². The van der Waals surface area contributed by atoms with Gasteiger partial charge in [-0.2, -0.15) is 0 Å². The molecule has 0 aliphatic heterocycles. The van der Waals surface area contributed by atoms with Crippen LogP contribution in [0.3, 0.4) is 0 Å². The summed E-state index contributed by atoms with van der Waals surface area (Å²) in [6.07, 6.45) is 0. The fourth-order valence-electron chi connectivity index (χ4n) is 2.23. The van der Waals surface area contributed by atoms with Crippen LogP contribution in [0.15, 0.2) is 54.6 Å². The Morgan fingerprint density at radius 2 is 1.55 bits per heavy atom. The Morgan fingerprint density at radius 1 is 0.955 bits per heavy atom. The average Bonchev–Trinajstić information content (AvgIpc) is 2.54. The fraction of sp³-hybridized carbons (Fsp3) is 0.278. The van der Waals surface area contributed by atoms with E-state index in [0.29, 0.717) is 5.02 Å². The lowest BCUT2D eigenvalue weighted by Gasteiger charge is -2.17. The summed E-state index contributed by atoms with van der Waals surface area (Å²) >= 11 is 5.87. The normalized spacial score (nSPS) is 13.4. The zero-order valence-corrected chi connectivity index (χ0v) is 13.6. The molecule has 2 rings (SSSR count). The van der Waals surface area contributed by atoms with Crippen molar-refractivity contribution in [3.63, 3.8) is 0 Å². The minimum atomic E-state index is -0.0165. The summed E-state index contributed by atoms with van der Waals surface area (Å²) in [4.78, 5) is 12.0. The first-order chi connectivity index (χ1) is 10.6. The van der Waals surface area contributed by atoms with Crippen LogP contribution in [0, 0.1) is 0 Å². The average molecular weight is 317 g/mol. The molecule has 0 heterocycles. The molecular formula is C18H21ClN2O. The van der Waals surface area contributed by atoms with Gasteiger partial charge in [-0.05, 0) is 37.1 Å². The highest BCUT2D eigenvalue weighted by Crippen LogP contribution is 2.16. The van der Waals surface area contributed by atoms with Crippen LogP contribution >= 0.6 is 11.6 Å². The second kappa shape index (κ2) is 7.97. The second-order valence-corrected chi connectivity index (χ2v) is 5.79. The van der Waals surface area contributed by atoms with Crippen LogP contribution in [-0.4, -0.2) is 12.5 Å². The molecule has 0 bridgehead atoms. The molecular weight excluding hydrogens is 296 g/mol. The van der Waals surface area contributed by atoms with E-state index in [4.69, 9.17) is 11.6 Å². The van der Waals surface area contributed by atoms with Crippen molar-refractivity contribution in [2.24, 2.45) is 0 Å². The molecule has 2 N–H and O–H groups in total. The number of halogens is 1. The number of carbonyl (C=O) groups excluding carboxylic acids is 1. The molecule has 0 unspecified atom stereocenters. The molecule has 0 fully saturated rings. The Kier molecular flexibility index (Phi) is 5.99. The summed E-state index contributed by atoms with van der Waals surface area (Å²) in [5.41, 5.74) is 2.20. The molecule has 0 aliphatic carbocycles. The lowest BCUT2D eigenvalue weighted by molar-refractivity contribution is -0.121. The van der Waals surface area contributed by atoms with Crippen molar-refractivity contribution in [2.45, 2.75) is 25.9 Å². The third-order valence-corrected chi connectivity index (χ3v) is 3.87. The number of amides is 1. The topological polar surface area (TPSA) is 41.1 Å². The SMILES string of the molecule is C[C@@H](NCC(=O)N[C@H](C)c1ccccc1)c1ccc(Cl)cc1. The minimum absolute atomic E-state index is 0.00124.